The second-order valence-corrected chi connectivity index (χ2v) is 14.0. The molecule has 0 fully saturated rings. The molecule has 2 heteroatoms. The van der Waals surface area contributed by atoms with E-state index in [1.54, 1.807) is 0 Å². The van der Waals surface area contributed by atoms with Crippen molar-refractivity contribution in [2.45, 2.75) is 11.1 Å². The van der Waals surface area contributed by atoms with Crippen molar-refractivity contribution in [1.82, 2.24) is 0 Å². The molecular formula is C48H30N2+2. The van der Waals surface area contributed by atoms with Gasteiger partial charge >= 0.3 is 5.66 Å². The van der Waals surface area contributed by atoms with Crippen molar-refractivity contribution in [3.05, 3.63) is 216 Å². The zero-order chi connectivity index (χ0) is 32.6. The number of fused-ring (bicyclic) bond motifs is 11. The number of rotatable bonds is 2. The maximum Gasteiger partial charge on any atom is 0.418 e. The molecule has 0 N–H and O–H groups in total. The largest absolute Gasteiger partial charge is 0.418 e. The van der Waals surface area contributed by atoms with Crippen molar-refractivity contribution in [3.8, 4) is 55.9 Å². The van der Waals surface area contributed by atoms with E-state index in [1.807, 2.05) is 0 Å². The number of pyridine rings is 2. The van der Waals surface area contributed by atoms with E-state index in [0.29, 0.717) is 0 Å². The third-order valence-corrected chi connectivity index (χ3v) is 12.0. The lowest BCUT2D eigenvalue weighted by atomic mass is 9.58. The summed E-state index contributed by atoms with van der Waals surface area (Å²) in [6.07, 6.45) is 4.70. The Kier molecular flexibility index (Phi) is 4.88. The second-order valence-electron chi connectivity index (χ2n) is 14.0. The number of benzene rings is 6. The fraction of sp³-hybridized carbons (Fsp3) is 0.0417. The minimum atomic E-state index is -0.579. The average Bonchev–Trinajstić information content (AvgIpc) is 3.78. The molecule has 2 spiro atoms. The van der Waals surface area contributed by atoms with Gasteiger partial charge in [0.1, 0.15) is 11.1 Å². The van der Waals surface area contributed by atoms with E-state index in [1.165, 1.54) is 89.3 Å². The van der Waals surface area contributed by atoms with Gasteiger partial charge in [-0.05, 0) is 67.8 Å². The highest BCUT2D eigenvalue weighted by Crippen LogP contribution is 2.65. The Hall–Kier alpha value is -6.38. The van der Waals surface area contributed by atoms with Gasteiger partial charge in [0.2, 0.25) is 11.4 Å². The van der Waals surface area contributed by atoms with E-state index in [9.17, 15) is 0 Å². The van der Waals surface area contributed by atoms with Crippen LogP contribution in [0, 0.1) is 0 Å². The molecule has 4 heterocycles. The fourth-order valence-corrected chi connectivity index (χ4v) is 10.2. The molecule has 8 aromatic rings. The molecule has 2 nitrogen and oxygen atoms in total. The Labute approximate surface area is 290 Å². The lowest BCUT2D eigenvalue weighted by Crippen LogP contribution is -2.73. The van der Waals surface area contributed by atoms with Crippen LogP contribution in [0.15, 0.2) is 182 Å². The highest BCUT2D eigenvalue weighted by Gasteiger charge is 2.73. The van der Waals surface area contributed by atoms with Gasteiger partial charge in [-0.1, -0.05) is 133 Å². The van der Waals surface area contributed by atoms with E-state index < -0.39 is 11.1 Å². The van der Waals surface area contributed by atoms with Crippen molar-refractivity contribution in [1.29, 1.82) is 0 Å². The molecule has 2 aromatic heterocycles. The Bertz CT molecular complexity index is 2570. The molecule has 50 heavy (non-hydrogen) atoms. The Balaban J connectivity index is 1.28. The molecule has 2 aliphatic heterocycles. The summed E-state index contributed by atoms with van der Waals surface area (Å²) in [5.41, 5.74) is 19.9. The summed E-state index contributed by atoms with van der Waals surface area (Å²) in [6, 6.07) is 63.4. The van der Waals surface area contributed by atoms with Crippen LogP contribution in [0.25, 0.3) is 55.9 Å². The smallest absolute Gasteiger partial charge is 0.125 e. The Morgan fingerprint density at radius 1 is 0.320 bits per heavy atom. The van der Waals surface area contributed by atoms with Crippen molar-refractivity contribution in [3.63, 3.8) is 0 Å². The number of aromatic nitrogens is 2. The van der Waals surface area contributed by atoms with Gasteiger partial charge in [0.25, 0.3) is 0 Å². The molecule has 0 saturated heterocycles. The third kappa shape index (κ3) is 2.91. The highest BCUT2D eigenvalue weighted by atomic mass is 15.3. The van der Waals surface area contributed by atoms with E-state index in [4.69, 9.17) is 0 Å². The van der Waals surface area contributed by atoms with Crippen LogP contribution in [0.1, 0.15) is 33.4 Å². The van der Waals surface area contributed by atoms with Crippen LogP contribution in [0.3, 0.4) is 0 Å². The first-order valence-corrected chi connectivity index (χ1v) is 17.5. The monoisotopic (exact) mass is 634 g/mol. The summed E-state index contributed by atoms with van der Waals surface area (Å²) in [5, 5.41) is 0. The lowest BCUT2D eigenvalue weighted by Gasteiger charge is -2.41. The summed E-state index contributed by atoms with van der Waals surface area (Å²) < 4.78 is 5.16. The van der Waals surface area contributed by atoms with Crippen molar-refractivity contribution >= 4 is 0 Å². The minimum Gasteiger partial charge on any atom is -0.125 e. The molecule has 0 unspecified atom stereocenters. The SMILES string of the molecule is c1ccc(-c2cc[n+]3c(c2)-c2cccc4c2C32c3c(cccc3C43c4ccccc4-c4ccccc43)-c3cc(-c4ccccc4)cc[n+]32)cc1. The van der Waals surface area contributed by atoms with E-state index in [0.717, 1.165) is 0 Å². The maximum atomic E-state index is 2.58. The minimum absolute atomic E-state index is 0.455. The van der Waals surface area contributed by atoms with Gasteiger partial charge in [-0.15, -0.1) is 9.13 Å². The number of nitrogens with zero attached hydrogens (tertiary/aromatic N) is 2. The molecule has 0 radical (unpaired) electrons. The van der Waals surface area contributed by atoms with Gasteiger partial charge in [0.05, 0.1) is 16.5 Å². The number of hydrogen-bond acceptors (Lipinski definition) is 0. The predicted molar refractivity (Wildman–Crippen MR) is 197 cm³/mol. The van der Waals surface area contributed by atoms with Crippen LogP contribution in [0.2, 0.25) is 0 Å². The van der Waals surface area contributed by atoms with Crippen LogP contribution < -0.4 is 9.13 Å². The molecule has 6 aromatic carbocycles. The zero-order valence-electron chi connectivity index (χ0n) is 27.2. The first-order valence-electron chi connectivity index (χ1n) is 17.5. The van der Waals surface area contributed by atoms with Crippen LogP contribution >= 0.6 is 0 Å². The summed E-state index contributed by atoms with van der Waals surface area (Å²) in [7, 11) is 0. The summed E-state index contributed by atoms with van der Waals surface area (Å²) in [4.78, 5) is 0. The highest BCUT2D eigenvalue weighted by molar-refractivity contribution is 5.92. The molecule has 2 aliphatic carbocycles. The van der Waals surface area contributed by atoms with E-state index in [-0.39, 0.29) is 0 Å². The fourth-order valence-electron chi connectivity index (χ4n) is 10.2. The van der Waals surface area contributed by atoms with Crippen LogP contribution in [-0.4, -0.2) is 0 Å². The van der Waals surface area contributed by atoms with Crippen molar-refractivity contribution < 1.29 is 9.13 Å². The first-order chi connectivity index (χ1) is 24.8. The quantitative estimate of drug-likeness (QED) is 0.167. The zero-order valence-corrected chi connectivity index (χ0v) is 27.2. The Morgan fingerprint density at radius 2 is 0.720 bits per heavy atom. The molecule has 0 bridgehead atoms. The van der Waals surface area contributed by atoms with E-state index >= 15 is 0 Å². The lowest BCUT2D eigenvalue weighted by molar-refractivity contribution is -0.955. The normalized spacial score (nSPS) is 15.1. The average molecular weight is 635 g/mol. The van der Waals surface area contributed by atoms with Crippen molar-refractivity contribution in [2.24, 2.45) is 0 Å². The van der Waals surface area contributed by atoms with Gasteiger partial charge in [-0.2, -0.15) is 0 Å². The van der Waals surface area contributed by atoms with Gasteiger partial charge in [0, 0.05) is 24.3 Å². The van der Waals surface area contributed by atoms with Gasteiger partial charge < -0.3 is 0 Å². The van der Waals surface area contributed by atoms with Crippen molar-refractivity contribution in [2.75, 3.05) is 0 Å². The van der Waals surface area contributed by atoms with Gasteiger partial charge in [-0.3, -0.25) is 0 Å². The molecule has 12 rings (SSSR count). The molecule has 4 aliphatic rings. The molecule has 0 atom stereocenters. The topological polar surface area (TPSA) is 7.76 Å². The van der Waals surface area contributed by atoms with Crippen LogP contribution in [-0.2, 0) is 11.1 Å². The molecule has 230 valence electrons. The number of hydrogen-bond donors (Lipinski definition) is 0. The standard InChI is InChI=1S/C48H30N2/c1-3-13-31(14-4-1)33-25-27-49-43(29-33)37-19-11-23-41-45(37)48(49)46-38(44-30-34(26-28-50(44)48)32-15-5-2-6-16-32)20-12-24-42(46)47(41)39-21-9-7-17-35(39)36-18-8-10-22-40(36)47/h1-30H/q+2. The maximum absolute atomic E-state index is 2.58. The molecule has 0 amide bonds. The summed E-state index contributed by atoms with van der Waals surface area (Å²) in [6.45, 7) is 0. The summed E-state index contributed by atoms with van der Waals surface area (Å²) >= 11 is 0. The second kappa shape index (κ2) is 9.19. The van der Waals surface area contributed by atoms with Gasteiger partial charge in [0.15, 0.2) is 12.4 Å². The van der Waals surface area contributed by atoms with Crippen LogP contribution in [0.4, 0.5) is 0 Å². The van der Waals surface area contributed by atoms with Gasteiger partial charge in [-0.25, -0.2) is 0 Å². The third-order valence-electron chi connectivity index (χ3n) is 12.0. The molecular weight excluding hydrogens is 605 g/mol. The first kappa shape index (κ1) is 26.6. The van der Waals surface area contributed by atoms with Crippen LogP contribution in [0.5, 0.6) is 0 Å². The Morgan fingerprint density at radius 3 is 1.20 bits per heavy atom. The van der Waals surface area contributed by atoms with E-state index in [2.05, 4.69) is 191 Å². The molecule has 0 saturated carbocycles. The predicted octanol–water partition coefficient (Wildman–Crippen LogP) is 9.53. The summed E-state index contributed by atoms with van der Waals surface area (Å²) in [5.74, 6) is 0.